The summed E-state index contributed by atoms with van der Waals surface area (Å²) in [5.74, 6) is 13.2. The summed E-state index contributed by atoms with van der Waals surface area (Å²) in [4.78, 5) is 2.90. The summed E-state index contributed by atoms with van der Waals surface area (Å²) >= 11 is 0. The van der Waals surface area contributed by atoms with Crippen LogP contribution in [0.2, 0.25) is 0 Å². The van der Waals surface area contributed by atoms with Crippen molar-refractivity contribution in [3.05, 3.63) is 104 Å². The predicted molar refractivity (Wildman–Crippen MR) is 177 cm³/mol. The first kappa shape index (κ1) is 23.0. The van der Waals surface area contributed by atoms with Crippen LogP contribution in [0.5, 0.6) is 0 Å². The van der Waals surface area contributed by atoms with Crippen molar-refractivity contribution >= 4 is 0 Å². The summed E-state index contributed by atoms with van der Waals surface area (Å²) in [5.41, 5.74) is 19.9. The highest BCUT2D eigenvalue weighted by molar-refractivity contribution is 5.92. The molecular weight excluding hydrogens is 556 g/mol. The number of likely N-dealkylation sites (N-methyl/N-ethyl adjacent to an activating group) is 1. The Morgan fingerprint density at radius 3 is 1.41 bits per heavy atom. The number of rotatable bonds is 3. The van der Waals surface area contributed by atoms with Gasteiger partial charge in [-0.25, -0.2) is 0 Å². The van der Waals surface area contributed by atoms with Crippen LogP contribution in [-0.2, 0) is 0 Å². The van der Waals surface area contributed by atoms with E-state index in [4.69, 9.17) is 0 Å². The highest BCUT2D eigenvalue weighted by Crippen LogP contribution is 2.88. The Balaban J connectivity index is 1.19. The Morgan fingerprint density at radius 1 is 0.522 bits per heavy atom. The summed E-state index contributed by atoms with van der Waals surface area (Å²) in [5, 5.41) is 4.01. The van der Waals surface area contributed by atoms with Gasteiger partial charge >= 0.3 is 0 Å². The Hall–Kier alpha value is -2.42. The van der Waals surface area contributed by atoms with E-state index in [1.165, 1.54) is 12.8 Å². The lowest BCUT2D eigenvalue weighted by molar-refractivity contribution is -0.0638. The second-order valence-corrected chi connectivity index (χ2v) is 19.4. The van der Waals surface area contributed by atoms with E-state index in [9.17, 15) is 0 Å². The van der Waals surface area contributed by atoms with Crippen molar-refractivity contribution in [2.75, 3.05) is 27.7 Å². The Kier molecular flexibility index (Phi) is 3.13. The van der Waals surface area contributed by atoms with Crippen LogP contribution < -0.4 is 5.32 Å². The summed E-state index contributed by atoms with van der Waals surface area (Å²) in [6, 6.07) is 0. The fourth-order valence-corrected chi connectivity index (χ4v) is 19.9. The number of allylic oxidation sites excluding steroid dienone is 16. The first-order valence-corrected chi connectivity index (χ1v) is 19.4. The van der Waals surface area contributed by atoms with Crippen molar-refractivity contribution < 1.29 is 0 Å². The predicted octanol–water partition coefficient (Wildman–Crippen LogP) is 6.29. The molecule has 0 aromatic heterocycles. The van der Waals surface area contributed by atoms with E-state index in [1.54, 1.807) is 0 Å². The van der Waals surface area contributed by atoms with Crippen LogP contribution >= 0.6 is 0 Å². The molecule has 0 heterocycles. The van der Waals surface area contributed by atoms with Gasteiger partial charge < -0.3 is 5.32 Å². The molecule has 0 bridgehead atoms. The van der Waals surface area contributed by atoms with E-state index in [0.717, 1.165) is 89.4 Å². The van der Waals surface area contributed by atoms with Crippen molar-refractivity contribution in [2.24, 2.45) is 112 Å². The van der Waals surface area contributed by atoms with E-state index in [1.807, 2.05) is 55.7 Å². The lowest BCUT2D eigenvalue weighted by Gasteiger charge is -2.64. The van der Waals surface area contributed by atoms with Gasteiger partial charge in [0.25, 0.3) is 0 Å². The normalized spacial score (nSPS) is 63.6. The minimum Gasteiger partial charge on any atom is -0.319 e. The zero-order chi connectivity index (χ0) is 29.2. The molecule has 228 valence electrons. The van der Waals surface area contributed by atoms with Crippen LogP contribution in [0.1, 0.15) is 12.8 Å². The molecule has 20 atom stereocenters. The van der Waals surface area contributed by atoms with Gasteiger partial charge in [-0.1, -0.05) is 65.3 Å². The molecule has 7 saturated carbocycles. The molecule has 16 aliphatic carbocycles. The van der Waals surface area contributed by atoms with Gasteiger partial charge in [-0.15, -0.1) is 0 Å². The van der Waals surface area contributed by atoms with Gasteiger partial charge in [0.1, 0.15) is 0 Å². The van der Waals surface area contributed by atoms with Gasteiger partial charge in [-0.2, -0.15) is 0 Å². The van der Waals surface area contributed by atoms with Crippen molar-refractivity contribution in [3.8, 4) is 0 Å². The molecule has 0 aliphatic heterocycles. The van der Waals surface area contributed by atoms with Gasteiger partial charge in [0.15, 0.2) is 0 Å². The molecule has 0 spiro atoms. The Labute approximate surface area is 271 Å². The Bertz CT molecular complexity index is 2080. The molecular formula is C44H42N2. The number of fused-ring (bicyclic) bond motifs is 5. The molecule has 16 aliphatic rings. The SMILES string of the molecule is CNCC12C3=C4C5=C6C7C8C=CC9C%10C=CC%11C%12C=CC%13C%14C(=C4C4=C(C%11C%10C(=C54)C97)C%12%14)C1(N(C)C)C%13CCC2C1C=CC8C6C31. The highest BCUT2D eigenvalue weighted by Gasteiger charge is 2.84. The average molecular weight is 599 g/mol. The van der Waals surface area contributed by atoms with E-state index in [2.05, 4.69) is 80.0 Å². The summed E-state index contributed by atoms with van der Waals surface area (Å²) < 4.78 is 0. The summed E-state index contributed by atoms with van der Waals surface area (Å²) in [6.07, 6.45) is 25.5. The maximum atomic E-state index is 4.01. The molecule has 20 unspecified atom stereocenters. The second-order valence-electron chi connectivity index (χ2n) is 19.4. The second kappa shape index (κ2) is 6.24. The molecule has 0 amide bonds. The fraction of sp³-hybridized carbons (Fsp3) is 0.591. The van der Waals surface area contributed by atoms with E-state index in [0.29, 0.717) is 23.7 Å². The average Bonchev–Trinajstić information content (AvgIpc) is 3.87. The van der Waals surface area contributed by atoms with Crippen LogP contribution in [0.15, 0.2) is 104 Å². The van der Waals surface area contributed by atoms with Crippen molar-refractivity contribution in [1.82, 2.24) is 10.2 Å². The van der Waals surface area contributed by atoms with Crippen molar-refractivity contribution in [1.29, 1.82) is 0 Å². The molecule has 7 fully saturated rings. The monoisotopic (exact) mass is 598 g/mol. The molecule has 1 N–H and O–H groups in total. The zero-order valence-corrected chi connectivity index (χ0v) is 27.1. The maximum Gasteiger partial charge on any atom is 0.0571 e. The van der Waals surface area contributed by atoms with Crippen LogP contribution in [0, 0.1) is 112 Å². The van der Waals surface area contributed by atoms with Crippen LogP contribution in [0.4, 0.5) is 0 Å². The largest absolute Gasteiger partial charge is 0.319 e. The number of hydrogen-bond donors (Lipinski definition) is 1. The lowest BCUT2D eigenvalue weighted by Crippen LogP contribution is -2.70. The molecule has 2 nitrogen and oxygen atoms in total. The standard InChI is InChI=1S/C44H42N2/c1-45-14-43-23-12-13-24-22-11-9-20-18-7-5-16-15-4-6-17-19-8-10-21(23)31-29(19)34-27(17)25(15)33-26(16)28(18)35-30(20)32(22)42(44(24,43)46(2)3)40-38(35)36(33)37(34)39(40)41(31)43/h4-11,15-32,45H,12-14H2,1-3H3. The van der Waals surface area contributed by atoms with Crippen LogP contribution in [0.3, 0.4) is 0 Å². The smallest absolute Gasteiger partial charge is 0.0571 e. The fourth-order valence-electron chi connectivity index (χ4n) is 19.9. The van der Waals surface area contributed by atoms with Gasteiger partial charge in [0, 0.05) is 12.0 Å². The van der Waals surface area contributed by atoms with Crippen molar-refractivity contribution in [2.45, 2.75) is 18.4 Å². The van der Waals surface area contributed by atoms with Gasteiger partial charge in [-0.3, -0.25) is 4.90 Å². The third kappa shape index (κ3) is 1.62. The summed E-state index contributed by atoms with van der Waals surface area (Å²) in [7, 11) is 7.41. The highest BCUT2D eigenvalue weighted by atomic mass is 15.2. The topological polar surface area (TPSA) is 15.3 Å². The minimum atomic E-state index is 0.132. The maximum absolute atomic E-state index is 4.01. The summed E-state index contributed by atoms with van der Waals surface area (Å²) in [6.45, 7) is 1.16. The molecule has 0 radical (unpaired) electrons. The van der Waals surface area contributed by atoms with Gasteiger partial charge in [-0.05, 0) is 180 Å². The number of hydrogen-bond acceptors (Lipinski definition) is 2. The van der Waals surface area contributed by atoms with Gasteiger partial charge in [0.2, 0.25) is 0 Å². The van der Waals surface area contributed by atoms with Gasteiger partial charge in [0.05, 0.1) is 5.54 Å². The van der Waals surface area contributed by atoms with Crippen LogP contribution in [0.25, 0.3) is 0 Å². The molecule has 0 saturated heterocycles. The number of nitrogens with one attached hydrogen (secondary N) is 1. The molecule has 0 aromatic rings. The molecule has 46 heavy (non-hydrogen) atoms. The molecule has 0 aromatic carbocycles. The van der Waals surface area contributed by atoms with E-state index < -0.39 is 0 Å². The minimum absolute atomic E-state index is 0.132. The lowest BCUT2D eigenvalue weighted by atomic mass is 9.46. The Morgan fingerprint density at radius 2 is 0.913 bits per heavy atom. The third-order valence-corrected chi connectivity index (χ3v) is 19.5. The van der Waals surface area contributed by atoms with Crippen molar-refractivity contribution in [3.63, 3.8) is 0 Å². The molecule has 16 rings (SSSR count). The first-order valence-electron chi connectivity index (χ1n) is 19.4. The molecule has 2 heteroatoms. The van der Waals surface area contributed by atoms with E-state index >= 15 is 0 Å². The zero-order valence-electron chi connectivity index (χ0n) is 27.1. The van der Waals surface area contributed by atoms with E-state index in [-0.39, 0.29) is 11.0 Å². The third-order valence-electron chi connectivity index (χ3n) is 19.5. The van der Waals surface area contributed by atoms with Crippen LogP contribution in [-0.4, -0.2) is 38.1 Å². The first-order chi connectivity index (χ1) is 22.7. The quantitative estimate of drug-likeness (QED) is 0.384. The number of nitrogens with zero attached hydrogens (tertiary/aromatic N) is 1.